The van der Waals surface area contributed by atoms with Crippen molar-refractivity contribution in [2.45, 2.75) is 24.7 Å². The maximum absolute atomic E-state index is 9.29. The Bertz CT molecular complexity index is 588. The average molecular weight is 289 g/mol. The van der Waals surface area contributed by atoms with Crippen LogP contribution in [0.1, 0.15) is 30.1 Å². The van der Waals surface area contributed by atoms with Crippen LogP contribution in [0.2, 0.25) is 0 Å². The van der Waals surface area contributed by atoms with E-state index in [0.717, 1.165) is 18.4 Å². The Kier molecular flexibility index (Phi) is 3.90. The molecule has 2 heterocycles. The molecule has 0 amide bonds. The fraction of sp³-hybridized carbons (Fsp3) is 0.467. The summed E-state index contributed by atoms with van der Waals surface area (Å²) in [6.07, 6.45) is 2.19. The first kappa shape index (κ1) is 14.0. The molecule has 1 saturated heterocycles. The maximum Gasteiger partial charge on any atom is 0.234 e. The Labute approximate surface area is 122 Å². The van der Waals surface area contributed by atoms with Gasteiger partial charge in [0.05, 0.1) is 5.41 Å². The van der Waals surface area contributed by atoms with Gasteiger partial charge in [-0.05, 0) is 30.5 Å². The van der Waals surface area contributed by atoms with Crippen LogP contribution < -0.4 is 5.73 Å². The molecule has 112 valence electrons. The fourth-order valence-electron chi connectivity index (χ4n) is 2.60. The Hall–Kier alpha value is -1.92. The van der Waals surface area contributed by atoms with Crippen molar-refractivity contribution in [3.8, 4) is 5.75 Å². The van der Waals surface area contributed by atoms with Gasteiger partial charge >= 0.3 is 0 Å². The molecule has 0 bridgehead atoms. The topological polar surface area (TPSA) is 94.4 Å². The summed E-state index contributed by atoms with van der Waals surface area (Å²) >= 11 is 0. The number of hydrogen-bond donors (Lipinski definition) is 2. The predicted molar refractivity (Wildman–Crippen MR) is 76.0 cm³/mol. The first-order chi connectivity index (χ1) is 10.2. The van der Waals surface area contributed by atoms with Gasteiger partial charge in [0.15, 0.2) is 5.82 Å². The molecule has 1 aromatic carbocycles. The van der Waals surface area contributed by atoms with Crippen LogP contribution in [0.4, 0.5) is 0 Å². The molecule has 0 spiro atoms. The van der Waals surface area contributed by atoms with Crippen LogP contribution in [0.15, 0.2) is 28.8 Å². The van der Waals surface area contributed by atoms with Gasteiger partial charge < -0.3 is 20.1 Å². The highest BCUT2D eigenvalue weighted by Crippen LogP contribution is 2.32. The number of aromatic hydroxyl groups is 1. The van der Waals surface area contributed by atoms with E-state index in [1.54, 1.807) is 12.1 Å². The van der Waals surface area contributed by atoms with Gasteiger partial charge in [0, 0.05) is 26.2 Å². The quantitative estimate of drug-likeness (QED) is 0.883. The summed E-state index contributed by atoms with van der Waals surface area (Å²) in [4.78, 5) is 4.52. The maximum atomic E-state index is 9.29. The van der Waals surface area contributed by atoms with Crippen molar-refractivity contribution in [3.63, 3.8) is 0 Å². The molecule has 0 unspecified atom stereocenters. The predicted octanol–water partition coefficient (Wildman–Crippen LogP) is 1.37. The molecular weight excluding hydrogens is 270 g/mol. The summed E-state index contributed by atoms with van der Waals surface area (Å²) < 4.78 is 10.8. The molecule has 1 aromatic heterocycles. The summed E-state index contributed by atoms with van der Waals surface area (Å²) in [6, 6.07) is 6.99. The van der Waals surface area contributed by atoms with E-state index >= 15 is 0 Å². The van der Waals surface area contributed by atoms with Crippen LogP contribution in [-0.4, -0.2) is 35.0 Å². The molecule has 1 aliphatic rings. The second-order valence-corrected chi connectivity index (χ2v) is 5.46. The van der Waals surface area contributed by atoms with Crippen molar-refractivity contribution in [1.29, 1.82) is 0 Å². The van der Waals surface area contributed by atoms with Gasteiger partial charge in [-0.3, -0.25) is 0 Å². The number of phenolic OH excluding ortho intramolecular Hbond substituents is 1. The van der Waals surface area contributed by atoms with Crippen LogP contribution in [0.25, 0.3) is 0 Å². The largest absolute Gasteiger partial charge is 0.508 e. The first-order valence-electron chi connectivity index (χ1n) is 7.11. The third-order valence-corrected chi connectivity index (χ3v) is 4.06. The minimum Gasteiger partial charge on any atom is -0.508 e. The van der Waals surface area contributed by atoms with Crippen LogP contribution >= 0.6 is 0 Å². The van der Waals surface area contributed by atoms with E-state index in [2.05, 4.69) is 10.1 Å². The van der Waals surface area contributed by atoms with E-state index in [1.165, 1.54) is 0 Å². The molecule has 2 aromatic rings. The van der Waals surface area contributed by atoms with Crippen LogP contribution in [0.3, 0.4) is 0 Å². The summed E-state index contributed by atoms with van der Waals surface area (Å²) in [7, 11) is 0. The minimum atomic E-state index is -0.252. The Morgan fingerprint density at radius 1 is 1.19 bits per heavy atom. The zero-order valence-electron chi connectivity index (χ0n) is 11.8. The van der Waals surface area contributed by atoms with E-state index in [-0.39, 0.29) is 11.2 Å². The number of nitrogens with two attached hydrogens (primary N) is 1. The standard InChI is InChI=1S/C15H19N3O3/c16-10-15(5-7-20-8-6-15)14-17-13(18-21-14)9-11-1-3-12(19)4-2-11/h1-4,19H,5-10,16H2. The monoisotopic (exact) mass is 289 g/mol. The first-order valence-corrected chi connectivity index (χ1v) is 7.11. The van der Waals surface area contributed by atoms with Crippen molar-refractivity contribution >= 4 is 0 Å². The van der Waals surface area contributed by atoms with Gasteiger partial charge in [-0.25, -0.2) is 0 Å². The van der Waals surface area contributed by atoms with E-state index in [9.17, 15) is 5.11 Å². The van der Waals surface area contributed by atoms with Crippen LogP contribution in [-0.2, 0) is 16.6 Å². The zero-order chi connectivity index (χ0) is 14.7. The highest BCUT2D eigenvalue weighted by Gasteiger charge is 2.38. The Morgan fingerprint density at radius 3 is 2.57 bits per heavy atom. The second-order valence-electron chi connectivity index (χ2n) is 5.46. The molecule has 1 fully saturated rings. The van der Waals surface area contributed by atoms with Gasteiger partial charge in [-0.2, -0.15) is 4.98 Å². The number of ether oxygens (including phenoxy) is 1. The van der Waals surface area contributed by atoms with E-state index in [1.807, 2.05) is 12.1 Å². The van der Waals surface area contributed by atoms with Gasteiger partial charge in [-0.1, -0.05) is 17.3 Å². The summed E-state index contributed by atoms with van der Waals surface area (Å²) in [5.41, 5.74) is 6.71. The molecule has 21 heavy (non-hydrogen) atoms. The molecule has 6 nitrogen and oxygen atoms in total. The molecule has 0 radical (unpaired) electrons. The van der Waals surface area contributed by atoms with Crippen LogP contribution in [0, 0.1) is 0 Å². The highest BCUT2D eigenvalue weighted by atomic mass is 16.5. The SMILES string of the molecule is NCC1(c2nc(Cc3ccc(O)cc3)no2)CCOCC1. The second kappa shape index (κ2) is 5.83. The minimum absolute atomic E-state index is 0.247. The lowest BCUT2D eigenvalue weighted by Crippen LogP contribution is -2.40. The van der Waals surface area contributed by atoms with Gasteiger partial charge in [0.25, 0.3) is 0 Å². The number of rotatable bonds is 4. The number of hydrogen-bond acceptors (Lipinski definition) is 6. The van der Waals surface area contributed by atoms with Crippen LogP contribution in [0.5, 0.6) is 5.75 Å². The molecule has 1 aliphatic heterocycles. The van der Waals surface area contributed by atoms with Crippen molar-refractivity contribution in [2.24, 2.45) is 5.73 Å². The molecule has 0 aliphatic carbocycles. The van der Waals surface area contributed by atoms with Crippen molar-refractivity contribution in [1.82, 2.24) is 10.1 Å². The number of phenols is 1. The number of nitrogens with zero attached hydrogens (tertiary/aromatic N) is 2. The van der Waals surface area contributed by atoms with Gasteiger partial charge in [0.1, 0.15) is 5.75 Å². The molecule has 3 N–H and O–H groups in total. The Balaban J connectivity index is 1.77. The normalized spacial score (nSPS) is 17.8. The lowest BCUT2D eigenvalue weighted by atomic mass is 9.80. The van der Waals surface area contributed by atoms with E-state index in [4.69, 9.17) is 15.0 Å². The van der Waals surface area contributed by atoms with Gasteiger partial charge in [-0.15, -0.1) is 0 Å². The van der Waals surface area contributed by atoms with Crippen molar-refractivity contribution < 1.29 is 14.4 Å². The molecule has 0 atom stereocenters. The third-order valence-electron chi connectivity index (χ3n) is 4.06. The average Bonchev–Trinajstić information content (AvgIpc) is 2.99. The number of aromatic nitrogens is 2. The van der Waals surface area contributed by atoms with Crippen molar-refractivity contribution in [3.05, 3.63) is 41.5 Å². The molecule has 3 rings (SSSR count). The fourth-order valence-corrected chi connectivity index (χ4v) is 2.60. The van der Waals surface area contributed by atoms with Gasteiger partial charge in [0.2, 0.25) is 5.89 Å². The third kappa shape index (κ3) is 2.91. The lowest BCUT2D eigenvalue weighted by Gasteiger charge is -2.32. The zero-order valence-corrected chi connectivity index (χ0v) is 11.8. The molecular formula is C15H19N3O3. The summed E-state index contributed by atoms with van der Waals surface area (Å²) in [5, 5.41) is 13.3. The molecule has 6 heteroatoms. The number of benzene rings is 1. The lowest BCUT2D eigenvalue weighted by molar-refractivity contribution is 0.0409. The summed E-state index contributed by atoms with van der Waals surface area (Å²) in [5.74, 6) is 1.49. The van der Waals surface area contributed by atoms with E-state index in [0.29, 0.717) is 37.9 Å². The summed E-state index contributed by atoms with van der Waals surface area (Å²) in [6.45, 7) is 1.83. The van der Waals surface area contributed by atoms with E-state index < -0.39 is 0 Å². The van der Waals surface area contributed by atoms with Crippen molar-refractivity contribution in [2.75, 3.05) is 19.8 Å². The molecule has 0 saturated carbocycles. The smallest absolute Gasteiger partial charge is 0.234 e. The highest BCUT2D eigenvalue weighted by molar-refractivity contribution is 5.27. The Morgan fingerprint density at radius 2 is 1.90 bits per heavy atom.